The number of hydrogen-bond acceptors (Lipinski definition) is 5. The molecule has 0 spiro atoms. The van der Waals surface area contributed by atoms with Gasteiger partial charge in [0, 0.05) is 18.0 Å². The fourth-order valence-electron chi connectivity index (χ4n) is 2.44. The average molecular weight is 350 g/mol. The molecule has 5 nitrogen and oxygen atoms in total. The van der Waals surface area contributed by atoms with Crippen LogP contribution in [0.4, 0.5) is 19.1 Å². The lowest BCUT2D eigenvalue weighted by molar-refractivity contribution is -0.137. The number of methoxy groups -OCH3 is 1. The first kappa shape index (κ1) is 16.7. The van der Waals surface area contributed by atoms with Crippen molar-refractivity contribution in [1.29, 1.82) is 0 Å². The van der Waals surface area contributed by atoms with Crippen LogP contribution in [0.1, 0.15) is 5.56 Å². The molecule has 0 saturated heterocycles. The van der Waals surface area contributed by atoms with Crippen LogP contribution < -0.4 is 10.5 Å². The van der Waals surface area contributed by atoms with Crippen LogP contribution in [-0.4, -0.2) is 17.2 Å². The topological polar surface area (TPSA) is 81.5 Å². The fraction of sp³-hybridized carbons (Fsp3) is 0.118. The van der Waals surface area contributed by atoms with E-state index in [0.717, 1.165) is 12.1 Å². The number of pyridine rings is 1. The highest BCUT2D eigenvalue weighted by molar-refractivity contribution is 5.87. The van der Waals surface area contributed by atoms with Crippen molar-refractivity contribution in [2.75, 3.05) is 12.8 Å². The van der Waals surface area contributed by atoms with Crippen LogP contribution >= 0.6 is 0 Å². The third kappa shape index (κ3) is 3.10. The maximum Gasteiger partial charge on any atom is 0.416 e. The number of furan rings is 1. The zero-order valence-corrected chi connectivity index (χ0v) is 13.0. The Balaban J connectivity index is 2.19. The van der Waals surface area contributed by atoms with Gasteiger partial charge in [-0.25, -0.2) is 0 Å². The van der Waals surface area contributed by atoms with Crippen molar-refractivity contribution in [3.05, 3.63) is 48.3 Å². The van der Waals surface area contributed by atoms with Gasteiger partial charge in [0.1, 0.15) is 5.75 Å². The predicted octanol–water partition coefficient (Wildman–Crippen LogP) is 4.32. The lowest BCUT2D eigenvalue weighted by Crippen LogP contribution is -2.05. The number of aromatic hydroxyl groups is 1. The van der Waals surface area contributed by atoms with E-state index in [0.29, 0.717) is 5.56 Å². The van der Waals surface area contributed by atoms with Crippen molar-refractivity contribution >= 4 is 5.88 Å². The Bertz CT molecular complexity index is 905. The van der Waals surface area contributed by atoms with Gasteiger partial charge in [-0.3, -0.25) is 4.98 Å². The maximum absolute atomic E-state index is 13.1. The minimum Gasteiger partial charge on any atom is -0.504 e. The van der Waals surface area contributed by atoms with Gasteiger partial charge in [-0.05, 0) is 35.9 Å². The van der Waals surface area contributed by atoms with Gasteiger partial charge in [0.15, 0.2) is 11.5 Å². The van der Waals surface area contributed by atoms with E-state index in [1.807, 2.05) is 0 Å². The fourth-order valence-corrected chi connectivity index (χ4v) is 2.44. The van der Waals surface area contributed by atoms with Crippen LogP contribution in [0.5, 0.6) is 11.5 Å². The van der Waals surface area contributed by atoms with Crippen molar-refractivity contribution in [2.24, 2.45) is 0 Å². The van der Waals surface area contributed by atoms with Gasteiger partial charge in [-0.1, -0.05) is 0 Å². The summed E-state index contributed by atoms with van der Waals surface area (Å²) in [4.78, 5) is 3.91. The quantitative estimate of drug-likeness (QED) is 0.735. The van der Waals surface area contributed by atoms with Gasteiger partial charge in [0.05, 0.1) is 18.2 Å². The molecule has 0 atom stereocenters. The molecule has 0 unspecified atom stereocenters. The molecule has 1 aromatic carbocycles. The highest BCUT2D eigenvalue weighted by Gasteiger charge is 2.32. The summed E-state index contributed by atoms with van der Waals surface area (Å²) >= 11 is 0. The number of halogens is 3. The molecule has 3 rings (SSSR count). The van der Waals surface area contributed by atoms with Crippen molar-refractivity contribution in [3.8, 4) is 33.9 Å². The second kappa shape index (κ2) is 6.04. The molecular formula is C17H13F3N2O3. The number of alkyl halides is 3. The van der Waals surface area contributed by atoms with Crippen molar-refractivity contribution < 1.29 is 27.4 Å². The van der Waals surface area contributed by atoms with Gasteiger partial charge < -0.3 is 20.0 Å². The SMILES string of the molecule is COc1cc(-c2c(N)oc(-c3cccnc3)c2O)cc(C(F)(F)F)c1. The highest BCUT2D eigenvalue weighted by atomic mass is 19.4. The molecule has 0 bridgehead atoms. The number of aromatic nitrogens is 1. The van der Waals surface area contributed by atoms with Crippen LogP contribution in [0.2, 0.25) is 0 Å². The smallest absolute Gasteiger partial charge is 0.416 e. The lowest BCUT2D eigenvalue weighted by atomic mass is 10.0. The predicted molar refractivity (Wildman–Crippen MR) is 85.0 cm³/mol. The summed E-state index contributed by atoms with van der Waals surface area (Å²) in [5, 5.41) is 10.5. The molecule has 0 amide bonds. The monoisotopic (exact) mass is 350 g/mol. The average Bonchev–Trinajstić information content (AvgIpc) is 2.89. The molecule has 0 aliphatic heterocycles. The maximum atomic E-state index is 13.1. The lowest BCUT2D eigenvalue weighted by Gasteiger charge is -2.11. The molecule has 130 valence electrons. The first-order chi connectivity index (χ1) is 11.8. The number of hydrogen-bond donors (Lipinski definition) is 2. The first-order valence-electron chi connectivity index (χ1n) is 7.09. The molecule has 25 heavy (non-hydrogen) atoms. The third-order valence-electron chi connectivity index (χ3n) is 3.59. The van der Waals surface area contributed by atoms with E-state index in [4.69, 9.17) is 14.9 Å². The van der Waals surface area contributed by atoms with E-state index in [1.54, 1.807) is 12.1 Å². The van der Waals surface area contributed by atoms with Crippen molar-refractivity contribution in [2.45, 2.75) is 6.18 Å². The zero-order valence-electron chi connectivity index (χ0n) is 13.0. The molecule has 2 aromatic heterocycles. The molecule has 8 heteroatoms. The van der Waals surface area contributed by atoms with E-state index >= 15 is 0 Å². The minimum atomic E-state index is -4.58. The Labute approximate surface area is 140 Å². The number of nitrogens with two attached hydrogens (primary N) is 1. The summed E-state index contributed by atoms with van der Waals surface area (Å²) in [6.07, 6.45) is -1.61. The summed E-state index contributed by atoms with van der Waals surface area (Å²) < 4.78 is 49.5. The molecule has 3 N–H and O–H groups in total. The molecule has 0 radical (unpaired) electrons. The van der Waals surface area contributed by atoms with Crippen molar-refractivity contribution in [3.63, 3.8) is 0 Å². The van der Waals surface area contributed by atoms with Gasteiger partial charge in [-0.2, -0.15) is 13.2 Å². The van der Waals surface area contributed by atoms with Crippen LogP contribution in [0.25, 0.3) is 22.5 Å². The number of nitrogen functional groups attached to an aromatic ring is 1. The molecule has 3 aromatic rings. The highest BCUT2D eigenvalue weighted by Crippen LogP contribution is 2.46. The van der Waals surface area contributed by atoms with Gasteiger partial charge in [0.2, 0.25) is 5.88 Å². The Morgan fingerprint density at radius 2 is 1.96 bits per heavy atom. The second-order valence-electron chi connectivity index (χ2n) is 5.21. The van der Waals surface area contributed by atoms with Gasteiger partial charge >= 0.3 is 6.18 Å². The number of anilines is 1. The van der Waals surface area contributed by atoms with Crippen LogP contribution in [0, 0.1) is 0 Å². The molecule has 0 saturated carbocycles. The summed E-state index contributed by atoms with van der Waals surface area (Å²) in [6, 6.07) is 6.32. The number of rotatable bonds is 3. The molecule has 0 fully saturated rings. The largest absolute Gasteiger partial charge is 0.504 e. The number of ether oxygens (including phenoxy) is 1. The number of benzene rings is 1. The summed E-state index contributed by atoms with van der Waals surface area (Å²) in [5.74, 6) is -0.575. The van der Waals surface area contributed by atoms with Gasteiger partial charge in [0.25, 0.3) is 0 Å². The van der Waals surface area contributed by atoms with Crippen LogP contribution in [-0.2, 0) is 6.18 Å². The summed E-state index contributed by atoms with van der Waals surface area (Å²) in [7, 11) is 1.25. The minimum absolute atomic E-state index is 0.0206. The van der Waals surface area contributed by atoms with E-state index in [1.165, 1.54) is 25.6 Å². The van der Waals surface area contributed by atoms with E-state index in [2.05, 4.69) is 4.98 Å². The zero-order chi connectivity index (χ0) is 18.2. The van der Waals surface area contributed by atoms with Crippen molar-refractivity contribution in [1.82, 2.24) is 4.98 Å². The number of nitrogens with zero attached hydrogens (tertiary/aromatic N) is 1. The normalized spacial score (nSPS) is 11.5. The molecular weight excluding hydrogens is 337 g/mol. The third-order valence-corrected chi connectivity index (χ3v) is 3.59. The Morgan fingerprint density at radius 1 is 1.20 bits per heavy atom. The summed E-state index contributed by atoms with van der Waals surface area (Å²) in [6.45, 7) is 0. The van der Waals surface area contributed by atoms with E-state index < -0.39 is 11.7 Å². The second-order valence-corrected chi connectivity index (χ2v) is 5.21. The molecule has 2 heterocycles. The first-order valence-corrected chi connectivity index (χ1v) is 7.09. The van der Waals surface area contributed by atoms with E-state index in [-0.39, 0.29) is 34.3 Å². The standard InChI is InChI=1S/C17H13F3N2O3/c1-24-12-6-10(5-11(7-12)17(18,19)20)13-14(23)15(25-16(13)21)9-3-2-4-22-8-9/h2-8,23H,21H2,1H3. The van der Waals surface area contributed by atoms with Crippen LogP contribution in [0.3, 0.4) is 0 Å². The Hall–Kier alpha value is -3.16. The molecule has 0 aliphatic carbocycles. The van der Waals surface area contributed by atoms with Crippen LogP contribution in [0.15, 0.2) is 47.1 Å². The van der Waals surface area contributed by atoms with E-state index in [9.17, 15) is 18.3 Å². The molecule has 0 aliphatic rings. The Morgan fingerprint density at radius 3 is 2.56 bits per heavy atom. The van der Waals surface area contributed by atoms with Gasteiger partial charge in [-0.15, -0.1) is 0 Å². The summed E-state index contributed by atoms with van der Waals surface area (Å²) in [5.41, 5.74) is 5.30. The Kier molecular flexibility index (Phi) is 4.03.